The summed E-state index contributed by atoms with van der Waals surface area (Å²) in [5.74, 6) is 0. The SMILES string of the molecule is c1ccc(-n2c3ccccc3c3cc(-c4ccccc4Nc4ccc(-c5c6ccccc6c(-c6cc7ccccc7c7ccccc67)c6ccccc56)cc4)ccc32)cc1. The van der Waals surface area contributed by atoms with E-state index in [0.29, 0.717) is 0 Å². The van der Waals surface area contributed by atoms with Crippen LogP contribution in [0, 0.1) is 0 Å². The van der Waals surface area contributed by atoms with Crippen molar-refractivity contribution in [1.82, 2.24) is 4.57 Å². The Balaban J connectivity index is 0.952. The molecule has 1 aromatic heterocycles. The summed E-state index contributed by atoms with van der Waals surface area (Å²) >= 11 is 0. The van der Waals surface area contributed by atoms with Crippen molar-refractivity contribution in [3.05, 3.63) is 224 Å². The van der Waals surface area contributed by atoms with E-state index in [2.05, 4.69) is 234 Å². The van der Waals surface area contributed by atoms with Crippen LogP contribution >= 0.6 is 0 Å². The second-order valence-electron chi connectivity index (χ2n) is 15.7. The van der Waals surface area contributed by atoms with Gasteiger partial charge in [-0.25, -0.2) is 0 Å². The summed E-state index contributed by atoms with van der Waals surface area (Å²) in [6, 6.07) is 81.7. The molecule has 12 aromatic rings. The van der Waals surface area contributed by atoms with Gasteiger partial charge in [-0.15, -0.1) is 0 Å². The molecule has 1 heterocycles. The number of rotatable bonds is 6. The topological polar surface area (TPSA) is 17.0 Å². The number of hydrogen-bond donors (Lipinski definition) is 1. The van der Waals surface area contributed by atoms with Gasteiger partial charge in [-0.1, -0.05) is 170 Å². The van der Waals surface area contributed by atoms with E-state index in [1.54, 1.807) is 0 Å². The monoisotopic (exact) mass is 762 g/mol. The van der Waals surface area contributed by atoms with Crippen molar-refractivity contribution < 1.29 is 0 Å². The molecule has 0 atom stereocenters. The highest BCUT2D eigenvalue weighted by molar-refractivity contribution is 6.25. The number of benzene rings is 11. The maximum Gasteiger partial charge on any atom is 0.0541 e. The van der Waals surface area contributed by atoms with E-state index in [1.165, 1.54) is 92.7 Å². The Hall–Kier alpha value is -7.94. The lowest BCUT2D eigenvalue weighted by Crippen LogP contribution is -1.95. The fraction of sp³-hybridized carbons (Fsp3) is 0. The number of nitrogens with one attached hydrogen (secondary N) is 1. The normalized spacial score (nSPS) is 11.7. The lowest BCUT2D eigenvalue weighted by atomic mass is 9.84. The molecular weight excluding hydrogens is 725 g/mol. The van der Waals surface area contributed by atoms with E-state index in [9.17, 15) is 0 Å². The van der Waals surface area contributed by atoms with Crippen LogP contribution in [0.2, 0.25) is 0 Å². The minimum atomic E-state index is 1.04. The van der Waals surface area contributed by atoms with Gasteiger partial charge in [-0.2, -0.15) is 0 Å². The highest BCUT2D eigenvalue weighted by atomic mass is 15.0. The Bertz CT molecular complexity index is 3560. The second-order valence-corrected chi connectivity index (χ2v) is 15.7. The molecule has 2 nitrogen and oxygen atoms in total. The van der Waals surface area contributed by atoms with Crippen molar-refractivity contribution in [3.63, 3.8) is 0 Å². The van der Waals surface area contributed by atoms with Crippen LogP contribution in [0.15, 0.2) is 224 Å². The highest BCUT2D eigenvalue weighted by Gasteiger charge is 2.19. The Morgan fingerprint density at radius 3 is 1.57 bits per heavy atom. The van der Waals surface area contributed by atoms with Crippen LogP contribution in [0.3, 0.4) is 0 Å². The second kappa shape index (κ2) is 13.9. The Morgan fingerprint density at radius 1 is 0.300 bits per heavy atom. The number of aromatic nitrogens is 1. The molecule has 0 bridgehead atoms. The van der Waals surface area contributed by atoms with E-state index in [0.717, 1.165) is 22.6 Å². The number of fused-ring (bicyclic) bond motifs is 8. The van der Waals surface area contributed by atoms with E-state index < -0.39 is 0 Å². The molecule has 12 rings (SSSR count). The summed E-state index contributed by atoms with van der Waals surface area (Å²) in [5.41, 5.74) is 13.0. The van der Waals surface area contributed by atoms with Crippen molar-refractivity contribution in [3.8, 4) is 39.1 Å². The fourth-order valence-electron chi connectivity index (χ4n) is 9.71. The quantitative estimate of drug-likeness (QED) is 0.132. The van der Waals surface area contributed by atoms with Crippen LogP contribution in [0.25, 0.3) is 104 Å². The standard InChI is InChI=1S/C58H38N2/c1-2-17-42(18-3-1)60-55-29-15-13-23-47(55)52-36-40(32-35-56(52)60)44-20-12-14-28-54(44)59-41-33-30-38(31-34-41)57-48-24-8-10-26-50(48)58(51-27-11-9-25-49(51)57)53-37-39-16-4-5-19-43(39)45-21-6-7-22-46(45)53/h1-37,59H. The van der Waals surface area contributed by atoms with E-state index in [1.807, 2.05) is 0 Å². The molecule has 0 aliphatic carbocycles. The zero-order chi connectivity index (χ0) is 39.6. The van der Waals surface area contributed by atoms with Gasteiger partial charge in [0.1, 0.15) is 0 Å². The molecule has 0 saturated heterocycles. The molecule has 0 unspecified atom stereocenters. The zero-order valence-electron chi connectivity index (χ0n) is 32.8. The molecule has 280 valence electrons. The summed E-state index contributed by atoms with van der Waals surface area (Å²) in [5, 5.41) is 16.4. The fourth-order valence-corrected chi connectivity index (χ4v) is 9.71. The maximum absolute atomic E-state index is 3.80. The Morgan fingerprint density at radius 2 is 0.833 bits per heavy atom. The van der Waals surface area contributed by atoms with E-state index in [-0.39, 0.29) is 0 Å². The van der Waals surface area contributed by atoms with Gasteiger partial charge in [0.25, 0.3) is 0 Å². The molecule has 2 heteroatoms. The molecule has 0 amide bonds. The zero-order valence-corrected chi connectivity index (χ0v) is 32.8. The van der Waals surface area contributed by atoms with Gasteiger partial charge in [0.2, 0.25) is 0 Å². The number of anilines is 2. The molecular formula is C58H38N2. The lowest BCUT2D eigenvalue weighted by Gasteiger charge is -2.20. The van der Waals surface area contributed by atoms with Crippen LogP contribution in [-0.2, 0) is 0 Å². The van der Waals surface area contributed by atoms with Gasteiger partial charge in [0.15, 0.2) is 0 Å². The van der Waals surface area contributed by atoms with Crippen LogP contribution in [-0.4, -0.2) is 4.57 Å². The minimum absolute atomic E-state index is 1.04. The Labute approximate surface area is 348 Å². The number of hydrogen-bond acceptors (Lipinski definition) is 1. The molecule has 0 aliphatic rings. The van der Waals surface area contributed by atoms with Crippen molar-refractivity contribution in [2.75, 3.05) is 5.32 Å². The Kier molecular flexibility index (Phi) is 7.89. The van der Waals surface area contributed by atoms with Gasteiger partial charge < -0.3 is 9.88 Å². The molecule has 0 aliphatic heterocycles. The summed E-state index contributed by atoms with van der Waals surface area (Å²) in [4.78, 5) is 0. The average molecular weight is 763 g/mol. The van der Waals surface area contributed by atoms with Crippen LogP contribution in [0.4, 0.5) is 11.4 Å². The van der Waals surface area contributed by atoms with Gasteiger partial charge >= 0.3 is 0 Å². The smallest absolute Gasteiger partial charge is 0.0541 e. The lowest BCUT2D eigenvalue weighted by molar-refractivity contribution is 1.18. The summed E-state index contributed by atoms with van der Waals surface area (Å²) in [6.07, 6.45) is 0. The molecule has 11 aromatic carbocycles. The van der Waals surface area contributed by atoms with Crippen LogP contribution in [0.5, 0.6) is 0 Å². The third kappa shape index (κ3) is 5.42. The summed E-state index contributed by atoms with van der Waals surface area (Å²) in [7, 11) is 0. The van der Waals surface area contributed by atoms with Gasteiger partial charge in [-0.05, 0) is 126 Å². The van der Waals surface area contributed by atoms with Crippen LogP contribution in [0.1, 0.15) is 0 Å². The largest absolute Gasteiger partial charge is 0.355 e. The molecule has 1 N–H and O–H groups in total. The van der Waals surface area contributed by atoms with Crippen molar-refractivity contribution >= 4 is 76.3 Å². The maximum atomic E-state index is 3.80. The predicted octanol–water partition coefficient (Wildman–Crippen LogP) is 16.1. The third-order valence-electron chi connectivity index (χ3n) is 12.3. The predicted molar refractivity (Wildman–Crippen MR) is 257 cm³/mol. The first kappa shape index (κ1) is 34.1. The van der Waals surface area contributed by atoms with Gasteiger partial charge in [0, 0.05) is 33.4 Å². The molecule has 60 heavy (non-hydrogen) atoms. The van der Waals surface area contributed by atoms with E-state index >= 15 is 0 Å². The molecule has 0 fully saturated rings. The first-order chi connectivity index (χ1) is 29.8. The summed E-state index contributed by atoms with van der Waals surface area (Å²) in [6.45, 7) is 0. The van der Waals surface area contributed by atoms with Crippen molar-refractivity contribution in [2.45, 2.75) is 0 Å². The first-order valence-corrected chi connectivity index (χ1v) is 20.7. The molecule has 0 spiro atoms. The van der Waals surface area contributed by atoms with Crippen molar-refractivity contribution in [1.29, 1.82) is 0 Å². The first-order valence-electron chi connectivity index (χ1n) is 20.7. The van der Waals surface area contributed by atoms with Crippen LogP contribution < -0.4 is 5.32 Å². The third-order valence-corrected chi connectivity index (χ3v) is 12.3. The van der Waals surface area contributed by atoms with Gasteiger partial charge in [0.05, 0.1) is 11.0 Å². The number of para-hydroxylation sites is 3. The number of nitrogens with zero attached hydrogens (tertiary/aromatic N) is 1. The summed E-state index contributed by atoms with van der Waals surface area (Å²) < 4.78 is 2.37. The average Bonchev–Trinajstić information content (AvgIpc) is 3.65. The van der Waals surface area contributed by atoms with Gasteiger partial charge in [-0.3, -0.25) is 0 Å². The minimum Gasteiger partial charge on any atom is -0.355 e. The molecule has 0 radical (unpaired) electrons. The van der Waals surface area contributed by atoms with Crippen molar-refractivity contribution in [2.24, 2.45) is 0 Å². The highest BCUT2D eigenvalue weighted by Crippen LogP contribution is 2.47. The van der Waals surface area contributed by atoms with E-state index in [4.69, 9.17) is 0 Å². The molecule has 0 saturated carbocycles.